The zero-order valence-electron chi connectivity index (χ0n) is 9.11. The zero-order chi connectivity index (χ0) is 7.68. The molecule has 0 radical (unpaired) electrons. The van der Waals surface area contributed by atoms with Crippen molar-refractivity contribution in [2.24, 2.45) is 0 Å². The van der Waals surface area contributed by atoms with Crippen molar-refractivity contribution < 1.29 is 56.1 Å². The van der Waals surface area contributed by atoms with Crippen LogP contribution in [0.25, 0.3) is 5.52 Å². The van der Waals surface area contributed by atoms with E-state index in [9.17, 15) is 0 Å². The Hall–Kier alpha value is 0.126. The quantitative estimate of drug-likeness (QED) is 0.454. The average Bonchev–Trinajstić information content (AvgIpc) is 2.50. The summed E-state index contributed by atoms with van der Waals surface area (Å²) in [6.45, 7) is 0. The summed E-state index contributed by atoms with van der Waals surface area (Å²) in [5, 5.41) is 4.01. The Morgan fingerprint density at radius 1 is 1.36 bits per heavy atom. The normalized spacial score (nSPS) is 8.07. The van der Waals surface area contributed by atoms with E-state index in [1.165, 1.54) is 0 Å². The number of methoxy groups -OCH3 is 1. The van der Waals surface area contributed by atoms with Crippen LogP contribution in [0.5, 0.6) is 5.75 Å². The molecule has 0 fully saturated rings. The van der Waals surface area contributed by atoms with Crippen molar-refractivity contribution in [1.82, 2.24) is 9.61 Å². The molecule has 3 nitrogen and oxygen atoms in total. The second-order valence-corrected chi connectivity index (χ2v) is 2.19. The minimum Gasteiger partial charge on any atom is -0.497 e. The van der Waals surface area contributed by atoms with Gasteiger partial charge in [-0.15, -0.1) is 5.52 Å². The Morgan fingerprint density at radius 3 is 2.71 bits per heavy atom. The van der Waals surface area contributed by atoms with E-state index in [1.807, 2.05) is 18.3 Å². The molecule has 0 aliphatic rings. The van der Waals surface area contributed by atoms with E-state index in [-0.39, 0.29) is 66.2 Å². The molecule has 0 spiro atoms. The molecular weight excluding hydrogens is 203 g/mol. The maximum atomic E-state index is 5.02. The van der Waals surface area contributed by atoms with Gasteiger partial charge in [-0.05, 0) is 6.20 Å². The molecule has 4 heteroatoms. The number of hydrogen-bond donors (Lipinski definition) is 0. The summed E-state index contributed by atoms with van der Waals surface area (Å²) in [5.74, 6) is 0.801. The topological polar surface area (TPSA) is 26.5 Å². The molecule has 0 atom stereocenters. The summed E-state index contributed by atoms with van der Waals surface area (Å²) in [7, 11) is 1.63. The van der Waals surface area contributed by atoms with Gasteiger partial charge in [0.15, 0.2) is 0 Å². The third kappa shape index (κ3) is 3.36. The van der Waals surface area contributed by atoms with Crippen LogP contribution in [0.4, 0.5) is 0 Å². The SMILES string of the molecule is COc1ccc2[c-]cnn2c1.[CH3-].[CH3-].[K+]. The second-order valence-electron chi connectivity index (χ2n) is 2.19. The van der Waals surface area contributed by atoms with Crippen LogP contribution in [-0.4, -0.2) is 16.7 Å². The van der Waals surface area contributed by atoms with Gasteiger partial charge in [-0.2, -0.15) is 11.2 Å². The predicted octanol–water partition coefficient (Wildman–Crippen LogP) is -0.952. The Labute approximate surface area is 128 Å². The smallest absolute Gasteiger partial charge is 0.497 e. The molecule has 0 aliphatic carbocycles. The third-order valence-electron chi connectivity index (χ3n) is 1.53. The minimum absolute atomic E-state index is 0. The van der Waals surface area contributed by atoms with Gasteiger partial charge in [-0.1, -0.05) is 6.07 Å². The van der Waals surface area contributed by atoms with E-state index in [2.05, 4.69) is 11.2 Å². The summed E-state index contributed by atoms with van der Waals surface area (Å²) in [6.07, 6.45) is 3.45. The van der Waals surface area contributed by atoms with Gasteiger partial charge in [-0.3, -0.25) is 4.52 Å². The van der Waals surface area contributed by atoms with Gasteiger partial charge in [0, 0.05) is 0 Å². The van der Waals surface area contributed by atoms with Gasteiger partial charge in [0.05, 0.1) is 13.3 Å². The largest absolute Gasteiger partial charge is 1.00 e. The van der Waals surface area contributed by atoms with E-state index in [4.69, 9.17) is 4.74 Å². The monoisotopic (exact) mass is 216 g/mol. The van der Waals surface area contributed by atoms with Crippen molar-refractivity contribution >= 4 is 5.52 Å². The number of aromatic nitrogens is 2. The van der Waals surface area contributed by atoms with E-state index in [0.29, 0.717) is 0 Å². The van der Waals surface area contributed by atoms with E-state index < -0.39 is 0 Å². The minimum atomic E-state index is 0. The fraction of sp³-hybridized carbons (Fsp3) is 0.100. The maximum absolute atomic E-state index is 5.02. The van der Waals surface area contributed by atoms with Gasteiger partial charge in [0.2, 0.25) is 0 Å². The first-order valence-corrected chi connectivity index (χ1v) is 3.29. The van der Waals surface area contributed by atoms with Gasteiger partial charge in [0.1, 0.15) is 5.75 Å². The summed E-state index contributed by atoms with van der Waals surface area (Å²) < 4.78 is 6.74. The molecule has 0 unspecified atom stereocenters. The van der Waals surface area contributed by atoms with Crippen molar-refractivity contribution in [2.45, 2.75) is 0 Å². The van der Waals surface area contributed by atoms with Gasteiger partial charge in [-0.25, -0.2) is 6.07 Å². The molecule has 0 saturated heterocycles. The molecule has 72 valence electrons. The van der Waals surface area contributed by atoms with Crippen LogP contribution >= 0.6 is 0 Å². The standard InChI is InChI=1S/C8H7N2O.2CH3.K/c1-11-8-3-2-7-4-5-9-10(7)6-8;;;/h2-3,5-6H,1H3;2*1H3;/q3*-1;+1. The fourth-order valence-electron chi connectivity index (χ4n) is 0.958. The van der Waals surface area contributed by atoms with Crippen LogP contribution in [-0.2, 0) is 0 Å². The maximum Gasteiger partial charge on any atom is 1.00 e. The number of pyridine rings is 1. The molecule has 0 bridgehead atoms. The van der Waals surface area contributed by atoms with Gasteiger partial charge in [0.25, 0.3) is 0 Å². The fourth-order valence-corrected chi connectivity index (χ4v) is 0.958. The van der Waals surface area contributed by atoms with Crippen LogP contribution in [0.1, 0.15) is 0 Å². The van der Waals surface area contributed by atoms with E-state index >= 15 is 0 Å². The number of nitrogens with zero attached hydrogens (tertiary/aromatic N) is 2. The van der Waals surface area contributed by atoms with Crippen molar-refractivity contribution in [3.05, 3.63) is 45.4 Å². The molecule has 0 aliphatic heterocycles. The van der Waals surface area contributed by atoms with Crippen molar-refractivity contribution in [1.29, 1.82) is 0 Å². The number of hydrogen-bond acceptors (Lipinski definition) is 2. The number of fused-ring (bicyclic) bond motifs is 1. The molecule has 2 aromatic heterocycles. The van der Waals surface area contributed by atoms with Crippen LogP contribution in [0.15, 0.2) is 24.5 Å². The first-order valence-electron chi connectivity index (χ1n) is 3.29. The molecule has 2 aromatic rings. The Balaban J connectivity index is 0. The molecule has 0 N–H and O–H groups in total. The third-order valence-corrected chi connectivity index (χ3v) is 1.53. The summed E-state index contributed by atoms with van der Waals surface area (Å²) in [4.78, 5) is 0. The van der Waals surface area contributed by atoms with Gasteiger partial charge >= 0.3 is 51.4 Å². The molecule has 0 saturated carbocycles. The number of ether oxygens (including phenoxy) is 1. The Bertz CT molecular complexity index is 373. The van der Waals surface area contributed by atoms with E-state index in [1.54, 1.807) is 17.8 Å². The zero-order valence-corrected chi connectivity index (χ0v) is 12.2. The number of rotatable bonds is 1. The summed E-state index contributed by atoms with van der Waals surface area (Å²) in [5.41, 5.74) is 0.950. The second kappa shape index (κ2) is 7.42. The van der Waals surface area contributed by atoms with Crippen molar-refractivity contribution in [3.63, 3.8) is 0 Å². The Morgan fingerprint density at radius 2 is 2.07 bits per heavy atom. The van der Waals surface area contributed by atoms with Crippen LogP contribution < -0.4 is 56.1 Å². The predicted molar refractivity (Wildman–Crippen MR) is 53.4 cm³/mol. The van der Waals surface area contributed by atoms with Crippen molar-refractivity contribution in [2.75, 3.05) is 7.11 Å². The molecule has 0 amide bonds. The van der Waals surface area contributed by atoms with Crippen LogP contribution in [0.2, 0.25) is 0 Å². The average molecular weight is 216 g/mol. The van der Waals surface area contributed by atoms with E-state index in [0.717, 1.165) is 11.3 Å². The van der Waals surface area contributed by atoms with Crippen molar-refractivity contribution in [3.8, 4) is 5.75 Å². The Kier molecular flexibility index (Phi) is 8.78. The van der Waals surface area contributed by atoms with Crippen LogP contribution in [0.3, 0.4) is 0 Å². The van der Waals surface area contributed by atoms with Gasteiger partial charge < -0.3 is 19.6 Å². The molecule has 0 aromatic carbocycles. The first-order chi connectivity index (χ1) is 5.40. The molecule has 14 heavy (non-hydrogen) atoms. The van der Waals surface area contributed by atoms with Crippen LogP contribution in [0, 0.1) is 20.9 Å². The molecule has 2 heterocycles. The first kappa shape index (κ1) is 16.6. The summed E-state index contributed by atoms with van der Waals surface area (Å²) in [6, 6.07) is 6.76. The molecule has 2 rings (SSSR count). The molecular formula is C10H13KN2O-2. The summed E-state index contributed by atoms with van der Waals surface area (Å²) >= 11 is 0.